The van der Waals surface area contributed by atoms with Crippen LogP contribution in [0.1, 0.15) is 53.6 Å². The van der Waals surface area contributed by atoms with Crippen LogP contribution < -0.4 is 24.5 Å². The van der Waals surface area contributed by atoms with E-state index >= 15 is 0 Å². The minimum atomic E-state index is -0.732. The minimum absolute atomic E-state index is 0.0374. The van der Waals surface area contributed by atoms with E-state index in [-0.39, 0.29) is 11.2 Å². The van der Waals surface area contributed by atoms with E-state index in [0.29, 0.717) is 57.6 Å². The van der Waals surface area contributed by atoms with Crippen LogP contribution in [0.5, 0.6) is 17.2 Å². The molecule has 1 aliphatic heterocycles. The fourth-order valence-electron chi connectivity index (χ4n) is 4.81. The smallest absolute Gasteiger partial charge is 0.295 e. The average Bonchev–Trinajstić information content (AvgIpc) is 3.21. The number of aryl methyl sites for hydroxylation is 1. The number of carbonyl (C=O) groups is 1. The third-order valence-electron chi connectivity index (χ3n) is 6.81. The van der Waals surface area contributed by atoms with Crippen LogP contribution in [0.4, 0.5) is 5.69 Å². The fraction of sp³-hybridized carbons (Fsp3) is 0.290. The van der Waals surface area contributed by atoms with Crippen LogP contribution in [-0.2, 0) is 0 Å². The molecule has 2 heterocycles. The Balaban J connectivity index is 1.69. The molecule has 0 fully saturated rings. The maximum Gasteiger partial charge on any atom is 0.295 e. The molecule has 1 unspecified atom stereocenters. The van der Waals surface area contributed by atoms with Gasteiger partial charge in [-0.3, -0.25) is 14.5 Å². The lowest BCUT2D eigenvalue weighted by Crippen LogP contribution is -2.29. The number of nitrogens with zero attached hydrogens (tertiary/aromatic N) is 1. The first-order valence-electron chi connectivity index (χ1n) is 12.7. The lowest BCUT2D eigenvalue weighted by molar-refractivity contribution is 0.0971. The van der Waals surface area contributed by atoms with E-state index < -0.39 is 11.9 Å². The number of ether oxygens (including phenoxy) is 3. The molecule has 0 saturated carbocycles. The van der Waals surface area contributed by atoms with Gasteiger partial charge in [-0.2, -0.15) is 0 Å². The predicted molar refractivity (Wildman–Crippen MR) is 147 cm³/mol. The Morgan fingerprint density at radius 1 is 0.947 bits per heavy atom. The van der Waals surface area contributed by atoms with Gasteiger partial charge in [-0.1, -0.05) is 37.6 Å². The highest BCUT2D eigenvalue weighted by atomic mass is 16.5. The standard InChI is InChI=1S/C31H31NO6/c1-18(2)13-14-37-25-12-10-20(16-26(25)36-5)28-27-29(33)23-15-19(3)9-11-24(23)38-30(27)31(34)32(28)21-7-6-8-22(17-21)35-4/h6-12,15-18,28H,13-14H2,1-5H3. The lowest BCUT2D eigenvalue weighted by Gasteiger charge is -2.26. The maximum atomic E-state index is 13.9. The number of amides is 1. The highest BCUT2D eigenvalue weighted by Gasteiger charge is 2.44. The molecule has 4 aromatic rings. The van der Waals surface area contributed by atoms with Crippen molar-refractivity contribution in [3.8, 4) is 17.2 Å². The number of methoxy groups -OCH3 is 2. The first kappa shape index (κ1) is 25.4. The molecule has 0 bridgehead atoms. The second-order valence-corrected chi connectivity index (χ2v) is 9.89. The summed E-state index contributed by atoms with van der Waals surface area (Å²) >= 11 is 0. The summed E-state index contributed by atoms with van der Waals surface area (Å²) in [6.07, 6.45) is 0.909. The highest BCUT2D eigenvalue weighted by Crippen LogP contribution is 2.44. The van der Waals surface area contributed by atoms with Gasteiger partial charge in [0.2, 0.25) is 5.76 Å². The Bertz CT molecular complexity index is 1570. The van der Waals surface area contributed by atoms with Gasteiger partial charge in [0, 0.05) is 11.8 Å². The van der Waals surface area contributed by atoms with E-state index in [0.717, 1.165) is 12.0 Å². The summed E-state index contributed by atoms with van der Waals surface area (Å²) in [4.78, 5) is 29.4. The predicted octanol–water partition coefficient (Wildman–Crippen LogP) is 6.29. The number of carbonyl (C=O) groups excluding carboxylic acids is 1. The zero-order valence-corrected chi connectivity index (χ0v) is 22.2. The van der Waals surface area contributed by atoms with Gasteiger partial charge in [-0.25, -0.2) is 0 Å². The molecule has 38 heavy (non-hydrogen) atoms. The number of anilines is 1. The first-order valence-corrected chi connectivity index (χ1v) is 12.7. The van der Waals surface area contributed by atoms with Crippen molar-refractivity contribution in [3.05, 3.63) is 93.3 Å². The van der Waals surface area contributed by atoms with E-state index in [1.165, 1.54) is 0 Å². The van der Waals surface area contributed by atoms with Crippen LogP contribution in [0.15, 0.2) is 69.9 Å². The third-order valence-corrected chi connectivity index (χ3v) is 6.81. The average molecular weight is 514 g/mol. The second kappa shape index (κ2) is 10.2. The van der Waals surface area contributed by atoms with E-state index in [2.05, 4.69) is 13.8 Å². The fourth-order valence-corrected chi connectivity index (χ4v) is 4.81. The molecule has 1 aliphatic rings. The van der Waals surface area contributed by atoms with E-state index in [9.17, 15) is 9.59 Å². The summed E-state index contributed by atoms with van der Waals surface area (Å²) in [6, 6.07) is 17.4. The van der Waals surface area contributed by atoms with Crippen molar-refractivity contribution < 1.29 is 23.4 Å². The van der Waals surface area contributed by atoms with Crippen LogP contribution in [0.25, 0.3) is 11.0 Å². The van der Waals surface area contributed by atoms with Gasteiger partial charge in [0.05, 0.1) is 37.8 Å². The topological polar surface area (TPSA) is 78.2 Å². The summed E-state index contributed by atoms with van der Waals surface area (Å²) in [7, 11) is 3.15. The molecule has 7 heteroatoms. The molecule has 0 aliphatic carbocycles. The molecule has 1 aromatic heterocycles. The van der Waals surface area contributed by atoms with Gasteiger partial charge in [-0.05, 0) is 61.2 Å². The Kier molecular flexibility index (Phi) is 6.85. The van der Waals surface area contributed by atoms with Crippen molar-refractivity contribution in [2.45, 2.75) is 33.2 Å². The van der Waals surface area contributed by atoms with Crippen molar-refractivity contribution in [3.63, 3.8) is 0 Å². The molecule has 1 atom stereocenters. The molecule has 0 N–H and O–H groups in total. The Morgan fingerprint density at radius 2 is 1.76 bits per heavy atom. The summed E-state index contributed by atoms with van der Waals surface area (Å²) in [5, 5.41) is 0.439. The van der Waals surface area contributed by atoms with E-state index in [1.54, 1.807) is 43.4 Å². The highest BCUT2D eigenvalue weighted by molar-refractivity contribution is 6.10. The van der Waals surface area contributed by atoms with E-state index in [1.807, 2.05) is 43.3 Å². The Morgan fingerprint density at radius 3 is 2.50 bits per heavy atom. The van der Waals surface area contributed by atoms with Crippen molar-refractivity contribution >= 4 is 22.6 Å². The molecule has 0 radical (unpaired) electrons. The van der Waals surface area contributed by atoms with Crippen molar-refractivity contribution in [1.82, 2.24) is 0 Å². The van der Waals surface area contributed by atoms with Gasteiger partial charge in [0.1, 0.15) is 11.3 Å². The first-order chi connectivity index (χ1) is 18.3. The molecule has 1 amide bonds. The van der Waals surface area contributed by atoms with Gasteiger partial charge < -0.3 is 18.6 Å². The molecule has 196 valence electrons. The zero-order chi connectivity index (χ0) is 27.0. The quantitative estimate of drug-likeness (QED) is 0.275. The Hall–Kier alpha value is -4.26. The normalized spacial score (nSPS) is 14.7. The third kappa shape index (κ3) is 4.49. The number of hydrogen-bond donors (Lipinski definition) is 0. The zero-order valence-electron chi connectivity index (χ0n) is 22.2. The van der Waals surface area contributed by atoms with Crippen molar-refractivity contribution in [2.24, 2.45) is 5.92 Å². The van der Waals surface area contributed by atoms with Gasteiger partial charge in [-0.15, -0.1) is 0 Å². The summed E-state index contributed by atoms with van der Waals surface area (Å²) in [6.45, 7) is 6.76. The molecular formula is C31H31NO6. The van der Waals surface area contributed by atoms with Gasteiger partial charge in [0.25, 0.3) is 5.91 Å². The molecule has 3 aromatic carbocycles. The van der Waals surface area contributed by atoms with Crippen molar-refractivity contribution in [2.75, 3.05) is 25.7 Å². The number of hydrogen-bond acceptors (Lipinski definition) is 6. The summed E-state index contributed by atoms with van der Waals surface area (Å²) in [5.41, 5.74) is 2.66. The molecule has 0 saturated heterocycles. The summed E-state index contributed by atoms with van der Waals surface area (Å²) < 4.78 is 23.1. The summed E-state index contributed by atoms with van der Waals surface area (Å²) in [5.74, 6) is 1.88. The van der Waals surface area contributed by atoms with Gasteiger partial charge >= 0.3 is 0 Å². The van der Waals surface area contributed by atoms with Crippen LogP contribution in [0.2, 0.25) is 0 Å². The largest absolute Gasteiger partial charge is 0.497 e. The molecular weight excluding hydrogens is 482 g/mol. The molecule has 5 rings (SSSR count). The number of fused-ring (bicyclic) bond motifs is 2. The molecule has 7 nitrogen and oxygen atoms in total. The maximum absolute atomic E-state index is 13.9. The van der Waals surface area contributed by atoms with Crippen LogP contribution in [0.3, 0.4) is 0 Å². The second-order valence-electron chi connectivity index (χ2n) is 9.89. The van der Waals surface area contributed by atoms with E-state index in [4.69, 9.17) is 18.6 Å². The van der Waals surface area contributed by atoms with Crippen LogP contribution in [-0.4, -0.2) is 26.7 Å². The number of rotatable bonds is 8. The lowest BCUT2D eigenvalue weighted by atomic mass is 9.97. The van der Waals surface area contributed by atoms with Crippen molar-refractivity contribution in [1.29, 1.82) is 0 Å². The van der Waals surface area contributed by atoms with Crippen LogP contribution >= 0.6 is 0 Å². The monoisotopic (exact) mass is 513 g/mol. The van der Waals surface area contributed by atoms with Gasteiger partial charge in [0.15, 0.2) is 16.9 Å². The SMILES string of the molecule is COc1cccc(N2C(=O)c3oc4ccc(C)cc4c(=O)c3C2c2ccc(OCCC(C)C)c(OC)c2)c1. The number of benzene rings is 3. The molecule has 0 spiro atoms. The minimum Gasteiger partial charge on any atom is -0.497 e. The Labute approximate surface area is 221 Å². The van der Waals surface area contributed by atoms with Crippen LogP contribution in [0, 0.1) is 12.8 Å².